The van der Waals surface area contributed by atoms with E-state index in [0.29, 0.717) is 28.8 Å². The van der Waals surface area contributed by atoms with Crippen molar-refractivity contribution in [1.29, 1.82) is 5.26 Å². The van der Waals surface area contributed by atoms with Gasteiger partial charge in [-0.1, -0.05) is 18.2 Å². The predicted octanol–water partition coefficient (Wildman–Crippen LogP) is 2.46. The Kier molecular flexibility index (Phi) is 4.66. The van der Waals surface area contributed by atoms with Gasteiger partial charge in [0, 0.05) is 19.0 Å². The van der Waals surface area contributed by atoms with E-state index in [2.05, 4.69) is 0 Å². The first-order chi connectivity index (χ1) is 12.2. The average Bonchev–Trinajstić information content (AvgIpc) is 2.65. The minimum absolute atomic E-state index is 0.208. The van der Waals surface area contributed by atoms with E-state index < -0.39 is 5.69 Å². The summed E-state index contributed by atoms with van der Waals surface area (Å²) in [5.74, 6) is 0.568. The van der Waals surface area contributed by atoms with Gasteiger partial charge in [-0.05, 0) is 30.7 Å². The molecule has 0 aliphatic heterocycles. The van der Waals surface area contributed by atoms with Crippen molar-refractivity contribution in [2.75, 3.05) is 7.11 Å². The van der Waals surface area contributed by atoms with Crippen LogP contribution in [0.15, 0.2) is 58.1 Å². The zero-order valence-corrected chi connectivity index (χ0v) is 13.8. The van der Waals surface area contributed by atoms with Gasteiger partial charge in [0.05, 0.1) is 29.8 Å². The lowest BCUT2D eigenvalue weighted by atomic mass is 10.2. The third-order valence-electron chi connectivity index (χ3n) is 4.03. The second kappa shape index (κ2) is 7.05. The van der Waals surface area contributed by atoms with E-state index >= 15 is 0 Å². The molecule has 0 aliphatic carbocycles. The molecule has 126 valence electrons. The van der Waals surface area contributed by atoms with Gasteiger partial charge in [-0.15, -0.1) is 0 Å². The summed E-state index contributed by atoms with van der Waals surface area (Å²) < 4.78 is 7.94. The number of nitrogens with zero attached hydrogens (tertiary/aromatic N) is 3. The lowest BCUT2D eigenvalue weighted by Gasteiger charge is -2.14. The molecular weight excluding hydrogens is 318 g/mol. The summed E-state index contributed by atoms with van der Waals surface area (Å²) in [5.41, 5.74) is 0.388. The highest BCUT2D eigenvalue weighted by Crippen LogP contribution is 2.20. The molecule has 0 N–H and O–H groups in total. The molecule has 0 saturated carbocycles. The first-order valence-electron chi connectivity index (χ1n) is 7.93. The number of benzene rings is 2. The van der Waals surface area contributed by atoms with E-state index in [-0.39, 0.29) is 18.5 Å². The van der Waals surface area contributed by atoms with Crippen molar-refractivity contribution in [1.82, 2.24) is 9.13 Å². The lowest BCUT2D eigenvalue weighted by molar-refractivity contribution is 0.415. The largest absolute Gasteiger partial charge is 0.497 e. The molecule has 25 heavy (non-hydrogen) atoms. The molecule has 3 aromatic rings. The maximum absolute atomic E-state index is 13.0. The fourth-order valence-corrected chi connectivity index (χ4v) is 2.80. The van der Waals surface area contributed by atoms with Crippen molar-refractivity contribution >= 4 is 10.9 Å². The zero-order valence-electron chi connectivity index (χ0n) is 13.8. The molecular formula is C19H17N3O3. The second-order valence-electron chi connectivity index (χ2n) is 5.56. The molecule has 0 spiro atoms. The van der Waals surface area contributed by atoms with Crippen LogP contribution in [0.4, 0.5) is 0 Å². The minimum atomic E-state index is -0.421. The van der Waals surface area contributed by atoms with Crippen molar-refractivity contribution in [2.45, 2.75) is 19.4 Å². The van der Waals surface area contributed by atoms with Crippen molar-refractivity contribution in [3.63, 3.8) is 0 Å². The maximum Gasteiger partial charge on any atom is 0.336 e. The molecule has 3 rings (SSSR count). The van der Waals surface area contributed by atoms with Gasteiger partial charge >= 0.3 is 5.69 Å². The Morgan fingerprint density at radius 1 is 1.12 bits per heavy atom. The van der Waals surface area contributed by atoms with Crippen LogP contribution >= 0.6 is 0 Å². The fraction of sp³-hybridized carbons (Fsp3) is 0.211. The zero-order chi connectivity index (χ0) is 17.8. The normalized spacial score (nSPS) is 10.6. The van der Waals surface area contributed by atoms with Gasteiger partial charge in [0.2, 0.25) is 0 Å². The summed E-state index contributed by atoms with van der Waals surface area (Å²) in [6.07, 6.45) is 0.736. The van der Waals surface area contributed by atoms with Crippen LogP contribution in [0.1, 0.15) is 12.8 Å². The monoisotopic (exact) mass is 335 g/mol. The molecule has 0 fully saturated rings. The number of methoxy groups -OCH3 is 1. The highest BCUT2D eigenvalue weighted by atomic mass is 16.5. The van der Waals surface area contributed by atoms with Crippen molar-refractivity contribution in [3.8, 4) is 17.5 Å². The first kappa shape index (κ1) is 16.5. The van der Waals surface area contributed by atoms with Crippen LogP contribution in [0.5, 0.6) is 5.75 Å². The number of hydrogen-bond donors (Lipinski definition) is 0. The van der Waals surface area contributed by atoms with Crippen LogP contribution in [0, 0.1) is 11.3 Å². The van der Waals surface area contributed by atoms with Crippen LogP contribution in [0.25, 0.3) is 16.6 Å². The average molecular weight is 335 g/mol. The van der Waals surface area contributed by atoms with Crippen LogP contribution in [0.2, 0.25) is 0 Å². The number of rotatable bonds is 5. The number of fused-ring (bicyclic) bond motifs is 1. The lowest BCUT2D eigenvalue weighted by Crippen LogP contribution is -2.39. The SMILES string of the molecule is COc1ccc2c(=O)n(CCCC#N)c(=O)n(-c3ccccc3)c2c1. The molecule has 0 amide bonds. The number of para-hydroxylation sites is 1. The van der Waals surface area contributed by atoms with E-state index in [1.165, 1.54) is 16.2 Å². The van der Waals surface area contributed by atoms with Crippen molar-refractivity contribution in [3.05, 3.63) is 69.4 Å². The molecule has 0 aliphatic rings. The Balaban J connectivity index is 2.35. The molecule has 1 aromatic heterocycles. The van der Waals surface area contributed by atoms with E-state index in [4.69, 9.17) is 10.00 Å². The molecule has 1 heterocycles. The van der Waals surface area contributed by atoms with Gasteiger partial charge in [0.25, 0.3) is 5.56 Å². The van der Waals surface area contributed by atoms with Crippen LogP contribution < -0.4 is 16.0 Å². The second-order valence-corrected chi connectivity index (χ2v) is 5.56. The van der Waals surface area contributed by atoms with Crippen LogP contribution in [-0.2, 0) is 6.54 Å². The Bertz CT molecular complexity index is 1060. The van der Waals surface area contributed by atoms with Gasteiger partial charge < -0.3 is 4.74 Å². The Hall–Kier alpha value is -3.33. The Morgan fingerprint density at radius 2 is 1.88 bits per heavy atom. The van der Waals surface area contributed by atoms with E-state index in [1.807, 2.05) is 36.4 Å². The summed E-state index contributed by atoms with van der Waals surface area (Å²) in [4.78, 5) is 25.8. The smallest absolute Gasteiger partial charge is 0.336 e. The van der Waals surface area contributed by atoms with Crippen molar-refractivity contribution in [2.24, 2.45) is 0 Å². The Labute approximate surface area is 144 Å². The molecule has 0 radical (unpaired) electrons. The third kappa shape index (κ3) is 3.04. The van der Waals surface area contributed by atoms with E-state index in [9.17, 15) is 9.59 Å². The van der Waals surface area contributed by atoms with Crippen LogP contribution in [0.3, 0.4) is 0 Å². The summed E-state index contributed by atoms with van der Waals surface area (Å²) >= 11 is 0. The molecule has 0 atom stereocenters. The third-order valence-corrected chi connectivity index (χ3v) is 4.03. The number of aromatic nitrogens is 2. The van der Waals surface area contributed by atoms with Gasteiger partial charge in [-0.25, -0.2) is 4.79 Å². The number of ether oxygens (including phenoxy) is 1. The number of unbranched alkanes of at least 4 members (excludes halogenated alkanes) is 1. The standard InChI is InChI=1S/C19H17N3O3/c1-25-15-9-10-16-17(13-15)22(14-7-3-2-4-8-14)19(24)21(18(16)23)12-6-5-11-20/h2-4,7-10,13H,5-6,12H2,1H3. The molecule has 0 bridgehead atoms. The van der Waals surface area contributed by atoms with Gasteiger partial charge in [-0.2, -0.15) is 5.26 Å². The molecule has 0 unspecified atom stereocenters. The van der Waals surface area contributed by atoms with E-state index in [0.717, 1.165) is 0 Å². The van der Waals surface area contributed by atoms with Gasteiger partial charge in [0.1, 0.15) is 5.75 Å². The summed E-state index contributed by atoms with van der Waals surface area (Å²) in [7, 11) is 1.54. The summed E-state index contributed by atoms with van der Waals surface area (Å²) in [6, 6.07) is 16.2. The van der Waals surface area contributed by atoms with Crippen molar-refractivity contribution < 1.29 is 4.74 Å². The molecule has 6 nitrogen and oxygen atoms in total. The molecule has 6 heteroatoms. The summed E-state index contributed by atoms with van der Waals surface area (Å²) in [5, 5.41) is 9.14. The first-order valence-corrected chi connectivity index (χ1v) is 7.93. The van der Waals surface area contributed by atoms with E-state index in [1.54, 1.807) is 18.2 Å². The molecule has 2 aromatic carbocycles. The molecule has 0 saturated heterocycles. The quantitative estimate of drug-likeness (QED) is 0.671. The van der Waals surface area contributed by atoms with Gasteiger partial charge in [-0.3, -0.25) is 13.9 Å². The minimum Gasteiger partial charge on any atom is -0.497 e. The Morgan fingerprint density at radius 3 is 2.56 bits per heavy atom. The predicted molar refractivity (Wildman–Crippen MR) is 95.2 cm³/mol. The topological polar surface area (TPSA) is 77.0 Å². The fourth-order valence-electron chi connectivity index (χ4n) is 2.80. The summed E-state index contributed by atoms with van der Waals surface area (Å²) in [6.45, 7) is 0.208. The maximum atomic E-state index is 13.0. The van der Waals surface area contributed by atoms with Crippen LogP contribution in [-0.4, -0.2) is 16.2 Å². The highest BCUT2D eigenvalue weighted by Gasteiger charge is 2.15. The number of hydrogen-bond acceptors (Lipinski definition) is 4. The highest BCUT2D eigenvalue weighted by molar-refractivity contribution is 5.81. The number of nitriles is 1. The van der Waals surface area contributed by atoms with Gasteiger partial charge in [0.15, 0.2) is 0 Å².